The lowest BCUT2D eigenvalue weighted by Gasteiger charge is -2.33. The van der Waals surface area contributed by atoms with E-state index in [9.17, 15) is 14.7 Å². The second-order valence-corrected chi connectivity index (χ2v) is 5.75. The highest BCUT2D eigenvalue weighted by atomic mass is 16.4. The van der Waals surface area contributed by atoms with E-state index in [0.29, 0.717) is 19.4 Å². The first kappa shape index (κ1) is 14.2. The highest BCUT2D eigenvalue weighted by Gasteiger charge is 2.43. The van der Waals surface area contributed by atoms with Gasteiger partial charge in [-0.25, -0.2) is 9.59 Å². The SMILES string of the molecule is CCN(C(=O)NC1(C(=O)O)CCCC1)C1CCCC1. The number of rotatable bonds is 4. The van der Waals surface area contributed by atoms with Crippen molar-refractivity contribution < 1.29 is 14.7 Å². The summed E-state index contributed by atoms with van der Waals surface area (Å²) >= 11 is 0. The van der Waals surface area contributed by atoms with Crippen LogP contribution in [-0.4, -0.2) is 40.1 Å². The normalized spacial score (nSPS) is 22.4. The lowest BCUT2D eigenvalue weighted by molar-refractivity contribution is -0.144. The third-order valence-corrected chi connectivity index (χ3v) is 4.58. The molecule has 108 valence electrons. The van der Waals surface area contributed by atoms with E-state index >= 15 is 0 Å². The maximum Gasteiger partial charge on any atom is 0.329 e. The maximum absolute atomic E-state index is 12.4. The Morgan fingerprint density at radius 3 is 2.26 bits per heavy atom. The summed E-state index contributed by atoms with van der Waals surface area (Å²) in [5.74, 6) is -0.888. The predicted molar refractivity (Wildman–Crippen MR) is 72.0 cm³/mol. The van der Waals surface area contributed by atoms with Crippen molar-refractivity contribution in [3.05, 3.63) is 0 Å². The van der Waals surface area contributed by atoms with Crippen LogP contribution in [0.1, 0.15) is 58.3 Å². The fraction of sp³-hybridized carbons (Fsp3) is 0.857. The average molecular weight is 268 g/mol. The Morgan fingerprint density at radius 1 is 1.21 bits per heavy atom. The summed E-state index contributed by atoms with van der Waals surface area (Å²) in [7, 11) is 0. The van der Waals surface area contributed by atoms with Crippen LogP contribution in [0.4, 0.5) is 4.79 Å². The summed E-state index contributed by atoms with van der Waals surface area (Å²) in [5, 5.41) is 12.2. The van der Waals surface area contributed by atoms with Crippen LogP contribution in [-0.2, 0) is 4.79 Å². The summed E-state index contributed by atoms with van der Waals surface area (Å²) in [6.07, 6.45) is 7.27. The zero-order valence-electron chi connectivity index (χ0n) is 11.7. The van der Waals surface area contributed by atoms with E-state index in [4.69, 9.17) is 0 Å². The van der Waals surface area contributed by atoms with Gasteiger partial charge in [-0.3, -0.25) is 0 Å². The lowest BCUT2D eigenvalue weighted by atomic mass is 9.98. The van der Waals surface area contributed by atoms with E-state index in [2.05, 4.69) is 5.32 Å². The fourth-order valence-electron chi connectivity index (χ4n) is 3.43. The third-order valence-electron chi connectivity index (χ3n) is 4.58. The Morgan fingerprint density at radius 2 is 1.79 bits per heavy atom. The van der Waals surface area contributed by atoms with Gasteiger partial charge in [0.15, 0.2) is 0 Å². The summed E-state index contributed by atoms with van der Waals surface area (Å²) in [4.78, 5) is 25.7. The minimum absolute atomic E-state index is 0.196. The number of amides is 2. The van der Waals surface area contributed by atoms with Crippen molar-refractivity contribution in [2.75, 3.05) is 6.54 Å². The van der Waals surface area contributed by atoms with Gasteiger partial charge in [-0.2, -0.15) is 0 Å². The minimum Gasteiger partial charge on any atom is -0.480 e. The van der Waals surface area contributed by atoms with Crippen LogP contribution in [0.5, 0.6) is 0 Å². The van der Waals surface area contributed by atoms with Gasteiger partial charge < -0.3 is 15.3 Å². The molecule has 2 fully saturated rings. The predicted octanol–water partition coefficient (Wildman–Crippen LogP) is 2.36. The molecule has 5 heteroatoms. The first-order valence-electron chi connectivity index (χ1n) is 7.41. The van der Waals surface area contributed by atoms with Gasteiger partial charge in [-0.1, -0.05) is 25.7 Å². The van der Waals surface area contributed by atoms with Crippen LogP contribution >= 0.6 is 0 Å². The van der Waals surface area contributed by atoms with E-state index in [0.717, 1.165) is 25.7 Å². The first-order valence-corrected chi connectivity index (χ1v) is 7.41. The van der Waals surface area contributed by atoms with Gasteiger partial charge in [0.1, 0.15) is 5.54 Å². The Bertz CT molecular complexity index is 345. The van der Waals surface area contributed by atoms with Gasteiger partial charge >= 0.3 is 12.0 Å². The molecule has 0 spiro atoms. The molecule has 0 aromatic heterocycles. The van der Waals surface area contributed by atoms with Crippen LogP contribution in [0.25, 0.3) is 0 Å². The molecule has 0 atom stereocenters. The highest BCUT2D eigenvalue weighted by Crippen LogP contribution is 2.31. The van der Waals surface area contributed by atoms with Crippen molar-refractivity contribution in [2.45, 2.75) is 69.9 Å². The standard InChI is InChI=1S/C14H24N2O3/c1-2-16(11-7-3-4-8-11)13(19)15-14(12(17)18)9-5-6-10-14/h11H,2-10H2,1H3,(H,15,19)(H,17,18). The molecule has 0 heterocycles. The summed E-state index contributed by atoms with van der Waals surface area (Å²) in [5.41, 5.74) is -1.02. The van der Waals surface area contributed by atoms with Crippen molar-refractivity contribution in [1.29, 1.82) is 0 Å². The minimum atomic E-state index is -1.02. The van der Waals surface area contributed by atoms with Crippen molar-refractivity contribution in [2.24, 2.45) is 0 Å². The molecule has 2 N–H and O–H groups in total. The monoisotopic (exact) mass is 268 g/mol. The van der Waals surface area contributed by atoms with E-state index in [1.807, 2.05) is 11.8 Å². The molecule has 19 heavy (non-hydrogen) atoms. The van der Waals surface area contributed by atoms with Crippen LogP contribution in [0.3, 0.4) is 0 Å². The van der Waals surface area contributed by atoms with E-state index in [1.165, 1.54) is 12.8 Å². The molecule has 0 bridgehead atoms. The van der Waals surface area contributed by atoms with Gasteiger partial charge in [0.2, 0.25) is 0 Å². The Labute approximate surface area is 114 Å². The number of carbonyl (C=O) groups excluding carboxylic acids is 1. The number of hydrogen-bond donors (Lipinski definition) is 2. The largest absolute Gasteiger partial charge is 0.480 e. The molecule has 0 aromatic carbocycles. The van der Waals surface area contributed by atoms with Crippen LogP contribution < -0.4 is 5.32 Å². The average Bonchev–Trinajstić information content (AvgIpc) is 3.01. The van der Waals surface area contributed by atoms with Crippen molar-refractivity contribution in [3.8, 4) is 0 Å². The van der Waals surface area contributed by atoms with Gasteiger partial charge in [-0.15, -0.1) is 0 Å². The third kappa shape index (κ3) is 2.85. The van der Waals surface area contributed by atoms with Crippen LogP contribution in [0.2, 0.25) is 0 Å². The topological polar surface area (TPSA) is 69.6 Å². The molecule has 0 aromatic rings. The number of nitrogens with one attached hydrogen (secondary N) is 1. The number of carboxylic acid groups (broad SMARTS) is 1. The molecule has 5 nitrogen and oxygen atoms in total. The van der Waals surface area contributed by atoms with Crippen LogP contribution in [0, 0.1) is 0 Å². The number of carboxylic acids is 1. The number of carbonyl (C=O) groups is 2. The number of urea groups is 1. The van der Waals surface area contributed by atoms with Gasteiger partial charge in [0, 0.05) is 12.6 Å². The smallest absolute Gasteiger partial charge is 0.329 e. The van der Waals surface area contributed by atoms with Crippen LogP contribution in [0.15, 0.2) is 0 Å². The molecular weight excluding hydrogens is 244 g/mol. The second kappa shape index (κ2) is 5.80. The Kier molecular flexibility index (Phi) is 4.32. The van der Waals surface area contributed by atoms with E-state index < -0.39 is 11.5 Å². The molecule has 0 unspecified atom stereocenters. The molecule has 2 aliphatic rings. The summed E-state index contributed by atoms with van der Waals surface area (Å²) in [6.45, 7) is 2.60. The second-order valence-electron chi connectivity index (χ2n) is 5.75. The van der Waals surface area contributed by atoms with E-state index in [1.54, 1.807) is 0 Å². The highest BCUT2D eigenvalue weighted by molar-refractivity contribution is 5.86. The molecule has 0 aliphatic heterocycles. The molecule has 0 radical (unpaired) electrons. The van der Waals surface area contributed by atoms with Crippen molar-refractivity contribution >= 4 is 12.0 Å². The fourth-order valence-corrected chi connectivity index (χ4v) is 3.43. The first-order chi connectivity index (χ1) is 9.09. The molecule has 2 aliphatic carbocycles. The zero-order valence-corrected chi connectivity index (χ0v) is 11.7. The zero-order chi connectivity index (χ0) is 13.9. The number of nitrogens with zero attached hydrogens (tertiary/aromatic N) is 1. The molecule has 0 saturated heterocycles. The summed E-state index contributed by atoms with van der Waals surface area (Å²) in [6, 6.07) is 0.0935. The number of aliphatic carboxylic acids is 1. The quantitative estimate of drug-likeness (QED) is 0.822. The molecule has 2 saturated carbocycles. The molecule has 2 amide bonds. The van der Waals surface area contributed by atoms with E-state index in [-0.39, 0.29) is 12.1 Å². The Hall–Kier alpha value is -1.26. The van der Waals surface area contributed by atoms with Crippen molar-refractivity contribution in [1.82, 2.24) is 10.2 Å². The van der Waals surface area contributed by atoms with Gasteiger partial charge in [0.25, 0.3) is 0 Å². The Balaban J connectivity index is 2.03. The lowest BCUT2D eigenvalue weighted by Crippen LogP contribution is -2.57. The number of hydrogen-bond acceptors (Lipinski definition) is 2. The molecule has 2 rings (SSSR count). The van der Waals surface area contributed by atoms with Gasteiger partial charge in [0.05, 0.1) is 0 Å². The molecular formula is C14H24N2O3. The van der Waals surface area contributed by atoms with Crippen molar-refractivity contribution in [3.63, 3.8) is 0 Å². The summed E-state index contributed by atoms with van der Waals surface area (Å²) < 4.78 is 0. The van der Waals surface area contributed by atoms with Gasteiger partial charge in [-0.05, 0) is 32.6 Å². The maximum atomic E-state index is 12.4.